The number of hydrogen-bond donors (Lipinski definition) is 1. The first-order valence-electron chi connectivity index (χ1n) is 11.3. The number of halogens is 2. The van der Waals surface area contributed by atoms with Gasteiger partial charge >= 0.3 is 0 Å². The van der Waals surface area contributed by atoms with Gasteiger partial charge in [0.1, 0.15) is 11.5 Å². The standard InChI is InChI=1S/C28H26Cl2N2O4/c1-31(2)20-10-6-18(7-11-20)25-24(26(33)22-16-21(36-3)12-13-23(22)30)27(34)28(35)32(25)15-14-17-4-8-19(29)9-5-17/h4-13,16,25,33H,14-15H2,1-3H3/b26-24+. The molecule has 1 fully saturated rings. The van der Waals surface area contributed by atoms with Crippen molar-refractivity contribution >= 4 is 46.3 Å². The fourth-order valence-electron chi connectivity index (χ4n) is 4.27. The van der Waals surface area contributed by atoms with Crippen LogP contribution in [0.1, 0.15) is 22.7 Å². The van der Waals surface area contributed by atoms with E-state index >= 15 is 0 Å². The molecule has 8 heteroatoms. The number of methoxy groups -OCH3 is 1. The second-order valence-corrected chi connectivity index (χ2v) is 9.54. The van der Waals surface area contributed by atoms with Crippen LogP contribution < -0.4 is 9.64 Å². The lowest BCUT2D eigenvalue weighted by atomic mass is 9.94. The van der Waals surface area contributed by atoms with Crippen LogP contribution in [0.4, 0.5) is 5.69 Å². The zero-order chi connectivity index (χ0) is 26.0. The number of ketones is 1. The van der Waals surface area contributed by atoms with Crippen LogP contribution in [0.3, 0.4) is 0 Å². The summed E-state index contributed by atoms with van der Waals surface area (Å²) in [6.07, 6.45) is 0.510. The number of aliphatic hydroxyl groups excluding tert-OH is 1. The summed E-state index contributed by atoms with van der Waals surface area (Å²) in [5.74, 6) is -1.31. The number of anilines is 1. The second kappa shape index (κ2) is 10.6. The van der Waals surface area contributed by atoms with Crippen molar-refractivity contribution < 1.29 is 19.4 Å². The van der Waals surface area contributed by atoms with Crippen LogP contribution in [0, 0.1) is 0 Å². The van der Waals surface area contributed by atoms with Crippen molar-refractivity contribution in [1.82, 2.24) is 4.90 Å². The Morgan fingerprint density at radius 1 is 1.00 bits per heavy atom. The van der Waals surface area contributed by atoms with E-state index in [1.807, 2.05) is 55.4 Å². The molecule has 1 heterocycles. The molecule has 1 amide bonds. The van der Waals surface area contributed by atoms with E-state index in [-0.39, 0.29) is 28.5 Å². The Kier molecular flexibility index (Phi) is 7.57. The van der Waals surface area contributed by atoms with Crippen LogP contribution in [0.5, 0.6) is 5.75 Å². The molecule has 1 unspecified atom stereocenters. The summed E-state index contributed by atoms with van der Waals surface area (Å²) in [5, 5.41) is 12.2. The van der Waals surface area contributed by atoms with Gasteiger partial charge < -0.3 is 19.6 Å². The zero-order valence-electron chi connectivity index (χ0n) is 20.2. The number of amides is 1. The third-order valence-electron chi connectivity index (χ3n) is 6.25. The minimum absolute atomic E-state index is 0.0103. The molecule has 186 valence electrons. The van der Waals surface area contributed by atoms with Crippen LogP contribution in [0.25, 0.3) is 5.76 Å². The quantitative estimate of drug-likeness (QED) is 0.242. The summed E-state index contributed by atoms with van der Waals surface area (Å²) in [5.41, 5.74) is 2.86. The number of nitrogens with zero attached hydrogens (tertiary/aromatic N) is 2. The summed E-state index contributed by atoms with van der Waals surface area (Å²) in [7, 11) is 5.35. The number of ether oxygens (including phenoxy) is 1. The van der Waals surface area contributed by atoms with E-state index in [1.165, 1.54) is 12.0 Å². The van der Waals surface area contributed by atoms with E-state index < -0.39 is 17.7 Å². The molecule has 6 nitrogen and oxygen atoms in total. The van der Waals surface area contributed by atoms with Crippen molar-refractivity contribution in [2.24, 2.45) is 0 Å². The monoisotopic (exact) mass is 524 g/mol. The van der Waals surface area contributed by atoms with Gasteiger partial charge in [0.25, 0.3) is 11.7 Å². The Morgan fingerprint density at radius 2 is 1.67 bits per heavy atom. The molecule has 1 aliphatic heterocycles. The van der Waals surface area contributed by atoms with E-state index in [1.54, 1.807) is 30.3 Å². The minimum atomic E-state index is -0.782. The first-order valence-corrected chi connectivity index (χ1v) is 12.1. The van der Waals surface area contributed by atoms with Crippen LogP contribution in [0.2, 0.25) is 10.0 Å². The molecule has 1 saturated heterocycles. The SMILES string of the molecule is COc1ccc(Cl)c(/C(O)=C2\C(=O)C(=O)N(CCc3ccc(Cl)cc3)C2c2ccc(N(C)C)cc2)c1. The van der Waals surface area contributed by atoms with Crippen molar-refractivity contribution in [2.45, 2.75) is 12.5 Å². The Morgan fingerprint density at radius 3 is 2.28 bits per heavy atom. The predicted molar refractivity (Wildman–Crippen MR) is 143 cm³/mol. The molecular weight excluding hydrogens is 499 g/mol. The molecule has 1 aliphatic rings. The molecule has 3 aromatic carbocycles. The van der Waals surface area contributed by atoms with Gasteiger partial charge in [-0.3, -0.25) is 9.59 Å². The average molecular weight is 525 g/mol. The molecule has 4 rings (SSSR count). The van der Waals surface area contributed by atoms with Crippen molar-refractivity contribution in [3.63, 3.8) is 0 Å². The topological polar surface area (TPSA) is 70.1 Å². The van der Waals surface area contributed by atoms with Crippen LogP contribution >= 0.6 is 23.2 Å². The zero-order valence-corrected chi connectivity index (χ0v) is 21.7. The van der Waals surface area contributed by atoms with Crippen molar-refractivity contribution in [3.8, 4) is 5.75 Å². The maximum absolute atomic E-state index is 13.3. The highest BCUT2D eigenvalue weighted by atomic mass is 35.5. The highest BCUT2D eigenvalue weighted by Gasteiger charge is 2.46. The number of hydrogen-bond acceptors (Lipinski definition) is 5. The molecule has 1 atom stereocenters. The smallest absolute Gasteiger partial charge is 0.295 e. The molecule has 0 bridgehead atoms. The maximum Gasteiger partial charge on any atom is 0.295 e. The second-order valence-electron chi connectivity index (χ2n) is 8.70. The Balaban J connectivity index is 1.81. The maximum atomic E-state index is 13.3. The van der Waals surface area contributed by atoms with Crippen molar-refractivity contribution in [3.05, 3.63) is 99.0 Å². The van der Waals surface area contributed by atoms with Gasteiger partial charge in [0.05, 0.1) is 23.7 Å². The Bertz CT molecular complexity index is 1320. The van der Waals surface area contributed by atoms with Gasteiger partial charge in [-0.05, 0) is 60.0 Å². The van der Waals surface area contributed by atoms with Gasteiger partial charge in [-0.1, -0.05) is 47.5 Å². The van der Waals surface area contributed by atoms with Gasteiger partial charge in [-0.25, -0.2) is 0 Å². The third kappa shape index (κ3) is 5.06. The Hall–Kier alpha value is -3.48. The summed E-state index contributed by atoms with van der Waals surface area (Å²) >= 11 is 12.4. The van der Waals surface area contributed by atoms with Crippen LogP contribution in [-0.2, 0) is 16.0 Å². The molecule has 3 aromatic rings. The summed E-state index contributed by atoms with van der Waals surface area (Å²) in [6, 6.07) is 18.9. The molecule has 0 spiro atoms. The largest absolute Gasteiger partial charge is 0.507 e. The summed E-state index contributed by atoms with van der Waals surface area (Å²) in [4.78, 5) is 30.0. The van der Waals surface area contributed by atoms with E-state index in [2.05, 4.69) is 0 Å². The third-order valence-corrected chi connectivity index (χ3v) is 6.83. The predicted octanol–water partition coefficient (Wildman–Crippen LogP) is 5.73. The Labute approximate surface area is 220 Å². The number of carbonyl (C=O) groups is 2. The van der Waals surface area contributed by atoms with E-state index in [4.69, 9.17) is 27.9 Å². The number of rotatable bonds is 7. The molecule has 1 N–H and O–H groups in total. The summed E-state index contributed by atoms with van der Waals surface area (Å²) < 4.78 is 5.27. The first kappa shape index (κ1) is 25.6. The van der Waals surface area contributed by atoms with E-state index in [0.29, 0.717) is 22.8 Å². The molecule has 0 radical (unpaired) electrons. The molecular formula is C28H26Cl2N2O4. The lowest BCUT2D eigenvalue weighted by molar-refractivity contribution is -0.139. The summed E-state index contributed by atoms with van der Waals surface area (Å²) in [6.45, 7) is 0.273. The lowest BCUT2D eigenvalue weighted by Gasteiger charge is -2.26. The molecule has 36 heavy (non-hydrogen) atoms. The highest BCUT2D eigenvalue weighted by Crippen LogP contribution is 2.41. The number of likely N-dealkylation sites (tertiary alicyclic amines) is 1. The van der Waals surface area contributed by atoms with Gasteiger partial charge in [0, 0.05) is 36.9 Å². The van der Waals surface area contributed by atoms with Gasteiger partial charge in [0.15, 0.2) is 0 Å². The fourth-order valence-corrected chi connectivity index (χ4v) is 4.60. The lowest BCUT2D eigenvalue weighted by Crippen LogP contribution is -2.31. The van der Waals surface area contributed by atoms with Gasteiger partial charge in [-0.2, -0.15) is 0 Å². The average Bonchev–Trinajstić information content (AvgIpc) is 3.13. The number of Topliss-reactive ketones (excluding diaryl/α,β-unsaturated/α-hetero) is 1. The van der Waals surface area contributed by atoms with E-state index in [0.717, 1.165) is 11.3 Å². The van der Waals surface area contributed by atoms with Crippen LogP contribution in [0.15, 0.2) is 72.3 Å². The minimum Gasteiger partial charge on any atom is -0.507 e. The van der Waals surface area contributed by atoms with Crippen molar-refractivity contribution in [2.75, 3.05) is 32.6 Å². The fraction of sp³-hybridized carbons (Fsp3) is 0.214. The first-order chi connectivity index (χ1) is 17.2. The van der Waals surface area contributed by atoms with Crippen molar-refractivity contribution in [1.29, 1.82) is 0 Å². The number of carbonyl (C=O) groups excluding carboxylic acids is 2. The molecule has 0 aliphatic carbocycles. The number of benzene rings is 3. The van der Waals surface area contributed by atoms with E-state index in [9.17, 15) is 14.7 Å². The normalized spacial score (nSPS) is 16.9. The highest BCUT2D eigenvalue weighted by molar-refractivity contribution is 6.47. The van der Waals surface area contributed by atoms with Crippen LogP contribution in [-0.4, -0.2) is 49.4 Å². The van der Waals surface area contributed by atoms with Gasteiger partial charge in [-0.15, -0.1) is 0 Å². The molecule has 0 aromatic heterocycles. The van der Waals surface area contributed by atoms with Gasteiger partial charge in [0.2, 0.25) is 0 Å². The number of aliphatic hydroxyl groups is 1. The molecule has 0 saturated carbocycles.